The Balaban J connectivity index is 1.73. The van der Waals surface area contributed by atoms with Gasteiger partial charge in [-0.1, -0.05) is 62.7 Å². The molecule has 1 amide bonds. The van der Waals surface area contributed by atoms with E-state index in [0.717, 1.165) is 11.4 Å². The van der Waals surface area contributed by atoms with E-state index in [1.807, 2.05) is 49.4 Å². The highest BCUT2D eigenvalue weighted by Crippen LogP contribution is 2.23. The second-order valence-electron chi connectivity index (χ2n) is 7.56. The van der Waals surface area contributed by atoms with Crippen molar-refractivity contribution in [1.82, 2.24) is 15.2 Å². The maximum atomic E-state index is 12.3. The second kappa shape index (κ2) is 7.98. The van der Waals surface area contributed by atoms with E-state index >= 15 is 0 Å². The van der Waals surface area contributed by atoms with Crippen LogP contribution in [0, 0.1) is 6.92 Å². The minimum atomic E-state index is -0.277. The average Bonchev–Trinajstić information content (AvgIpc) is 2.96. The van der Waals surface area contributed by atoms with Gasteiger partial charge in [-0.2, -0.15) is 10.2 Å². The summed E-state index contributed by atoms with van der Waals surface area (Å²) in [6.07, 6.45) is 1.52. The average molecular weight is 395 g/mol. The van der Waals surface area contributed by atoms with Crippen molar-refractivity contribution in [1.29, 1.82) is 0 Å². The Morgan fingerprint density at radius 3 is 2.36 bits per heavy atom. The lowest BCUT2D eigenvalue weighted by Crippen LogP contribution is -2.18. The molecule has 0 bridgehead atoms. The molecule has 0 spiro atoms. The summed E-state index contributed by atoms with van der Waals surface area (Å²) in [6.45, 7) is 8.25. The maximum Gasteiger partial charge on any atom is 0.271 e. The molecule has 3 aromatic rings. The first-order chi connectivity index (χ1) is 13.3. The molecule has 1 N–H and O–H groups in total. The normalized spacial score (nSPS) is 11.8. The van der Waals surface area contributed by atoms with E-state index in [9.17, 15) is 4.79 Å². The first kappa shape index (κ1) is 19.8. The SMILES string of the molecule is Cc1nn(-c2ccccc2)c(Cl)c1/C=N\NC(=O)c1ccc(C(C)(C)C)cc1. The molecule has 3 rings (SSSR count). The van der Waals surface area contributed by atoms with Crippen LogP contribution in [0.5, 0.6) is 0 Å². The fourth-order valence-corrected chi connectivity index (χ4v) is 3.06. The molecule has 0 saturated heterocycles. The summed E-state index contributed by atoms with van der Waals surface area (Å²) in [6, 6.07) is 17.1. The number of rotatable bonds is 4. The van der Waals surface area contributed by atoms with Crippen LogP contribution in [0.1, 0.15) is 48.0 Å². The van der Waals surface area contributed by atoms with Gasteiger partial charge < -0.3 is 0 Å². The summed E-state index contributed by atoms with van der Waals surface area (Å²) in [7, 11) is 0. The minimum absolute atomic E-state index is 0.0420. The quantitative estimate of drug-likeness (QED) is 0.505. The second-order valence-corrected chi connectivity index (χ2v) is 7.92. The molecule has 0 radical (unpaired) electrons. The zero-order valence-electron chi connectivity index (χ0n) is 16.4. The van der Waals surface area contributed by atoms with Crippen molar-refractivity contribution >= 4 is 23.7 Å². The van der Waals surface area contributed by atoms with Crippen molar-refractivity contribution in [2.75, 3.05) is 0 Å². The van der Waals surface area contributed by atoms with Crippen LogP contribution in [0.3, 0.4) is 0 Å². The van der Waals surface area contributed by atoms with Crippen molar-refractivity contribution in [2.45, 2.75) is 33.1 Å². The number of amides is 1. The number of hydrazone groups is 1. The molecule has 6 heteroatoms. The molecule has 144 valence electrons. The number of hydrogen-bond acceptors (Lipinski definition) is 3. The molecule has 0 aliphatic rings. The fraction of sp³-hybridized carbons (Fsp3) is 0.227. The Morgan fingerprint density at radius 1 is 1.11 bits per heavy atom. The number of hydrogen-bond donors (Lipinski definition) is 1. The summed E-state index contributed by atoms with van der Waals surface area (Å²) >= 11 is 6.45. The van der Waals surface area contributed by atoms with Gasteiger partial charge >= 0.3 is 0 Å². The van der Waals surface area contributed by atoms with Crippen LogP contribution in [-0.2, 0) is 5.41 Å². The number of benzene rings is 2. The van der Waals surface area contributed by atoms with Gasteiger partial charge in [0.05, 0.1) is 23.2 Å². The summed E-state index contributed by atoms with van der Waals surface area (Å²) < 4.78 is 1.64. The van der Waals surface area contributed by atoms with Gasteiger partial charge in [0.15, 0.2) is 0 Å². The number of para-hydroxylation sites is 1. The number of aromatic nitrogens is 2. The number of halogens is 1. The molecular weight excluding hydrogens is 372 g/mol. The number of nitrogens with zero attached hydrogens (tertiary/aromatic N) is 3. The Labute approximate surface area is 170 Å². The highest BCUT2D eigenvalue weighted by Gasteiger charge is 2.15. The Morgan fingerprint density at radius 2 is 1.75 bits per heavy atom. The molecule has 1 heterocycles. The molecule has 0 aliphatic heterocycles. The molecule has 0 saturated carbocycles. The number of nitrogens with one attached hydrogen (secondary N) is 1. The summed E-state index contributed by atoms with van der Waals surface area (Å²) in [5.41, 5.74) is 6.55. The number of aryl methyl sites for hydroxylation is 1. The lowest BCUT2D eigenvalue weighted by Gasteiger charge is -2.18. The topological polar surface area (TPSA) is 59.3 Å². The van der Waals surface area contributed by atoms with Crippen molar-refractivity contribution in [2.24, 2.45) is 5.10 Å². The van der Waals surface area contributed by atoms with E-state index < -0.39 is 0 Å². The summed E-state index contributed by atoms with van der Waals surface area (Å²) in [5, 5.41) is 8.95. The Hall–Kier alpha value is -2.92. The molecule has 0 aliphatic carbocycles. The van der Waals surface area contributed by atoms with Crippen LogP contribution in [0.4, 0.5) is 0 Å². The zero-order chi connectivity index (χ0) is 20.3. The third kappa shape index (κ3) is 4.31. The van der Waals surface area contributed by atoms with Crippen LogP contribution < -0.4 is 5.43 Å². The Bertz CT molecular complexity index is 1000. The molecular formula is C22H23ClN4O. The Kier molecular flexibility index (Phi) is 5.66. The fourth-order valence-electron chi connectivity index (χ4n) is 2.74. The molecule has 0 fully saturated rings. The van der Waals surface area contributed by atoms with Crippen molar-refractivity contribution in [3.05, 3.63) is 82.1 Å². The third-order valence-corrected chi connectivity index (χ3v) is 4.79. The smallest absolute Gasteiger partial charge is 0.267 e. The van der Waals surface area contributed by atoms with Crippen LogP contribution in [0.25, 0.3) is 5.69 Å². The highest BCUT2D eigenvalue weighted by molar-refractivity contribution is 6.32. The van der Waals surface area contributed by atoms with Gasteiger partial charge in [-0.3, -0.25) is 4.79 Å². The lowest BCUT2D eigenvalue weighted by atomic mass is 9.87. The molecule has 0 unspecified atom stereocenters. The van der Waals surface area contributed by atoms with Crippen LogP contribution >= 0.6 is 11.6 Å². The number of carbonyl (C=O) groups excluding carboxylic acids is 1. The van der Waals surface area contributed by atoms with Gasteiger partial charge in [-0.15, -0.1) is 0 Å². The summed E-state index contributed by atoms with van der Waals surface area (Å²) in [5.74, 6) is -0.277. The van der Waals surface area contributed by atoms with Gasteiger partial charge in [-0.25, -0.2) is 10.1 Å². The maximum absolute atomic E-state index is 12.3. The van der Waals surface area contributed by atoms with E-state index in [0.29, 0.717) is 16.3 Å². The van der Waals surface area contributed by atoms with Gasteiger partial charge in [0.25, 0.3) is 5.91 Å². The van der Waals surface area contributed by atoms with Gasteiger partial charge in [0, 0.05) is 5.56 Å². The molecule has 5 nitrogen and oxygen atoms in total. The molecule has 0 atom stereocenters. The van der Waals surface area contributed by atoms with Crippen LogP contribution in [0.15, 0.2) is 59.7 Å². The van der Waals surface area contributed by atoms with E-state index in [1.165, 1.54) is 11.8 Å². The molecule has 1 aromatic heterocycles. The van der Waals surface area contributed by atoms with Crippen molar-refractivity contribution in [3.63, 3.8) is 0 Å². The zero-order valence-corrected chi connectivity index (χ0v) is 17.2. The minimum Gasteiger partial charge on any atom is -0.267 e. The van der Waals surface area contributed by atoms with Gasteiger partial charge in [0.1, 0.15) is 5.15 Å². The predicted octanol–water partition coefficient (Wildman–Crippen LogP) is 4.90. The largest absolute Gasteiger partial charge is 0.271 e. The first-order valence-corrected chi connectivity index (χ1v) is 9.39. The predicted molar refractivity (Wildman–Crippen MR) is 114 cm³/mol. The number of carbonyl (C=O) groups is 1. The third-order valence-electron chi connectivity index (χ3n) is 4.42. The van der Waals surface area contributed by atoms with Crippen molar-refractivity contribution in [3.8, 4) is 5.69 Å². The van der Waals surface area contributed by atoms with E-state index in [1.54, 1.807) is 16.8 Å². The van der Waals surface area contributed by atoms with Crippen LogP contribution in [-0.4, -0.2) is 21.9 Å². The molecule has 28 heavy (non-hydrogen) atoms. The van der Waals surface area contributed by atoms with Crippen LogP contribution in [0.2, 0.25) is 5.15 Å². The van der Waals surface area contributed by atoms with Crippen molar-refractivity contribution < 1.29 is 4.79 Å². The van der Waals surface area contributed by atoms with E-state index in [4.69, 9.17) is 11.6 Å². The lowest BCUT2D eigenvalue weighted by molar-refractivity contribution is 0.0955. The molecule has 2 aromatic carbocycles. The van der Waals surface area contributed by atoms with E-state index in [-0.39, 0.29) is 11.3 Å². The summed E-state index contributed by atoms with van der Waals surface area (Å²) in [4.78, 5) is 12.3. The highest BCUT2D eigenvalue weighted by atomic mass is 35.5. The van der Waals surface area contributed by atoms with Gasteiger partial charge in [-0.05, 0) is 42.2 Å². The van der Waals surface area contributed by atoms with E-state index in [2.05, 4.69) is 36.4 Å². The first-order valence-electron chi connectivity index (χ1n) is 9.02. The monoisotopic (exact) mass is 394 g/mol. The van der Waals surface area contributed by atoms with Gasteiger partial charge in [0.2, 0.25) is 0 Å². The standard InChI is InChI=1S/C22H23ClN4O/c1-15-19(20(23)27(26-15)18-8-6-5-7-9-18)14-24-25-21(28)16-10-12-17(13-11-16)22(2,3)4/h5-14H,1-4H3,(H,25,28)/b24-14-.